The summed E-state index contributed by atoms with van der Waals surface area (Å²) in [5, 5.41) is 0. The Kier molecular flexibility index (Phi) is 4.43. The molecule has 1 aromatic carbocycles. The van der Waals surface area contributed by atoms with Crippen LogP contribution in [0.1, 0.15) is 32.6 Å². The Balaban J connectivity index is 1.99. The van der Waals surface area contributed by atoms with Gasteiger partial charge in [-0.15, -0.1) is 0 Å². The maximum Gasteiger partial charge on any atom is 0.0366 e. The Morgan fingerprint density at radius 2 is 1.88 bits per heavy atom. The molecule has 1 fully saturated rings. The molecule has 1 aliphatic carbocycles. The molecule has 0 saturated heterocycles. The average molecular weight is 232 g/mol. The number of benzene rings is 1. The van der Waals surface area contributed by atoms with Crippen LogP contribution in [0.25, 0.3) is 0 Å². The minimum atomic E-state index is 0.404. The molecule has 0 aromatic heterocycles. The molecular weight excluding hydrogens is 208 g/mol. The van der Waals surface area contributed by atoms with Gasteiger partial charge in [-0.25, -0.2) is 0 Å². The highest BCUT2D eigenvalue weighted by Gasteiger charge is 2.23. The molecule has 2 heteroatoms. The van der Waals surface area contributed by atoms with E-state index >= 15 is 0 Å². The van der Waals surface area contributed by atoms with E-state index in [1.165, 1.54) is 31.4 Å². The Bertz CT molecular complexity index is 323. The fourth-order valence-corrected chi connectivity index (χ4v) is 2.80. The highest BCUT2D eigenvalue weighted by atomic mass is 15.1. The molecule has 17 heavy (non-hydrogen) atoms. The highest BCUT2D eigenvalue weighted by Crippen LogP contribution is 2.25. The summed E-state index contributed by atoms with van der Waals surface area (Å²) in [5.74, 6) is 0.670. The van der Waals surface area contributed by atoms with Crippen LogP contribution >= 0.6 is 0 Å². The van der Waals surface area contributed by atoms with Crippen molar-refractivity contribution in [3.8, 4) is 0 Å². The quantitative estimate of drug-likeness (QED) is 0.864. The van der Waals surface area contributed by atoms with Crippen molar-refractivity contribution in [2.75, 3.05) is 18.0 Å². The van der Waals surface area contributed by atoms with E-state index in [-0.39, 0.29) is 0 Å². The molecule has 2 N–H and O–H groups in total. The zero-order valence-corrected chi connectivity index (χ0v) is 10.8. The maximum atomic E-state index is 6.23. The van der Waals surface area contributed by atoms with Crippen LogP contribution in [-0.4, -0.2) is 19.1 Å². The van der Waals surface area contributed by atoms with Gasteiger partial charge in [0.05, 0.1) is 0 Å². The van der Waals surface area contributed by atoms with Crippen molar-refractivity contribution in [1.29, 1.82) is 0 Å². The van der Waals surface area contributed by atoms with Gasteiger partial charge in [0.2, 0.25) is 0 Å². The molecule has 0 aliphatic heterocycles. The Morgan fingerprint density at radius 1 is 1.18 bits per heavy atom. The molecule has 0 radical (unpaired) electrons. The van der Waals surface area contributed by atoms with Gasteiger partial charge in [-0.2, -0.15) is 0 Å². The lowest BCUT2D eigenvalue weighted by Crippen LogP contribution is -2.41. The molecule has 2 rings (SSSR count). The number of nitrogens with two attached hydrogens (primary N) is 1. The predicted octanol–water partition coefficient (Wildman–Crippen LogP) is 3.03. The molecule has 0 amide bonds. The minimum absolute atomic E-state index is 0.404. The first kappa shape index (κ1) is 12.4. The third-order valence-electron chi connectivity index (χ3n) is 3.93. The van der Waals surface area contributed by atoms with Gasteiger partial charge in [-0.1, -0.05) is 31.0 Å². The molecule has 1 aliphatic rings. The van der Waals surface area contributed by atoms with Crippen molar-refractivity contribution in [2.24, 2.45) is 11.7 Å². The van der Waals surface area contributed by atoms with Crippen LogP contribution in [0.2, 0.25) is 0 Å². The fourth-order valence-electron chi connectivity index (χ4n) is 2.80. The second kappa shape index (κ2) is 6.06. The zero-order chi connectivity index (χ0) is 12.1. The number of nitrogens with zero attached hydrogens (tertiary/aromatic N) is 1. The van der Waals surface area contributed by atoms with Gasteiger partial charge in [0.15, 0.2) is 0 Å². The first-order chi connectivity index (χ1) is 8.31. The van der Waals surface area contributed by atoms with Gasteiger partial charge in [-0.3, -0.25) is 0 Å². The number of rotatable bonds is 4. The molecule has 0 spiro atoms. The van der Waals surface area contributed by atoms with E-state index in [9.17, 15) is 0 Å². The molecule has 1 aromatic rings. The maximum absolute atomic E-state index is 6.23. The summed E-state index contributed by atoms with van der Waals surface area (Å²) in [4.78, 5) is 2.45. The summed E-state index contributed by atoms with van der Waals surface area (Å²) in [7, 11) is 0. The third-order valence-corrected chi connectivity index (χ3v) is 3.93. The van der Waals surface area contributed by atoms with E-state index in [4.69, 9.17) is 5.73 Å². The molecule has 94 valence electrons. The number of hydrogen-bond donors (Lipinski definition) is 1. The summed E-state index contributed by atoms with van der Waals surface area (Å²) in [6.45, 7) is 4.40. The fraction of sp³-hybridized carbons (Fsp3) is 0.600. The lowest BCUT2D eigenvalue weighted by molar-refractivity contribution is 0.310. The van der Waals surface area contributed by atoms with Crippen LogP contribution in [-0.2, 0) is 0 Å². The smallest absolute Gasteiger partial charge is 0.0366 e. The van der Waals surface area contributed by atoms with E-state index in [1.54, 1.807) is 0 Å². The van der Waals surface area contributed by atoms with E-state index in [0.717, 1.165) is 13.1 Å². The molecule has 2 unspecified atom stereocenters. The zero-order valence-electron chi connectivity index (χ0n) is 10.8. The standard InChI is InChI=1S/C15H24N2/c1-2-17(14-9-4-3-5-10-14)12-13-8-6-7-11-15(13)16/h3-5,9-10,13,15H,2,6-8,11-12,16H2,1H3. The van der Waals surface area contributed by atoms with Gasteiger partial charge >= 0.3 is 0 Å². The van der Waals surface area contributed by atoms with Crippen molar-refractivity contribution >= 4 is 5.69 Å². The van der Waals surface area contributed by atoms with E-state index in [1.807, 2.05) is 0 Å². The second-order valence-electron chi connectivity index (χ2n) is 5.08. The van der Waals surface area contributed by atoms with E-state index in [2.05, 4.69) is 42.2 Å². The summed E-state index contributed by atoms with van der Waals surface area (Å²) in [6.07, 6.45) is 5.17. The monoisotopic (exact) mass is 232 g/mol. The molecule has 2 atom stereocenters. The normalized spacial score (nSPS) is 24.6. The van der Waals surface area contributed by atoms with Crippen molar-refractivity contribution < 1.29 is 0 Å². The molecular formula is C15H24N2. The minimum Gasteiger partial charge on any atom is -0.371 e. The SMILES string of the molecule is CCN(CC1CCCCC1N)c1ccccc1. The molecule has 2 nitrogen and oxygen atoms in total. The van der Waals surface area contributed by atoms with Crippen LogP contribution in [0, 0.1) is 5.92 Å². The van der Waals surface area contributed by atoms with Crippen molar-refractivity contribution in [3.05, 3.63) is 30.3 Å². The molecule has 1 saturated carbocycles. The van der Waals surface area contributed by atoms with Crippen LogP contribution in [0.4, 0.5) is 5.69 Å². The summed E-state index contributed by atoms with van der Waals surface area (Å²) >= 11 is 0. The van der Waals surface area contributed by atoms with Gasteiger partial charge in [0, 0.05) is 24.8 Å². The van der Waals surface area contributed by atoms with Gasteiger partial charge < -0.3 is 10.6 Å². The lowest BCUT2D eigenvalue weighted by Gasteiger charge is -2.34. The topological polar surface area (TPSA) is 29.3 Å². The number of hydrogen-bond acceptors (Lipinski definition) is 2. The lowest BCUT2D eigenvalue weighted by atomic mass is 9.84. The van der Waals surface area contributed by atoms with Crippen molar-refractivity contribution in [3.63, 3.8) is 0 Å². The molecule has 0 bridgehead atoms. The van der Waals surface area contributed by atoms with Crippen molar-refractivity contribution in [1.82, 2.24) is 0 Å². The number of para-hydroxylation sites is 1. The summed E-state index contributed by atoms with van der Waals surface area (Å²) < 4.78 is 0. The summed E-state index contributed by atoms with van der Waals surface area (Å²) in [5.41, 5.74) is 7.56. The van der Waals surface area contributed by atoms with Crippen LogP contribution in [0.15, 0.2) is 30.3 Å². The Labute approximate surface area is 105 Å². The molecule has 0 heterocycles. The predicted molar refractivity (Wildman–Crippen MR) is 74.3 cm³/mol. The average Bonchev–Trinajstić information content (AvgIpc) is 2.39. The third kappa shape index (κ3) is 3.22. The van der Waals surface area contributed by atoms with Crippen LogP contribution in [0.3, 0.4) is 0 Å². The van der Waals surface area contributed by atoms with Gasteiger partial charge in [0.25, 0.3) is 0 Å². The van der Waals surface area contributed by atoms with Gasteiger partial charge in [-0.05, 0) is 37.8 Å². The van der Waals surface area contributed by atoms with E-state index < -0.39 is 0 Å². The first-order valence-electron chi connectivity index (χ1n) is 6.87. The van der Waals surface area contributed by atoms with Crippen LogP contribution in [0.5, 0.6) is 0 Å². The van der Waals surface area contributed by atoms with E-state index in [0.29, 0.717) is 12.0 Å². The Hall–Kier alpha value is -1.02. The van der Waals surface area contributed by atoms with Crippen molar-refractivity contribution in [2.45, 2.75) is 38.6 Å². The first-order valence-corrected chi connectivity index (χ1v) is 6.87. The highest BCUT2D eigenvalue weighted by molar-refractivity contribution is 5.45. The number of anilines is 1. The van der Waals surface area contributed by atoms with Gasteiger partial charge in [0.1, 0.15) is 0 Å². The Morgan fingerprint density at radius 3 is 2.53 bits per heavy atom. The summed E-state index contributed by atoms with van der Waals surface area (Å²) in [6, 6.07) is 11.1. The largest absolute Gasteiger partial charge is 0.371 e. The second-order valence-corrected chi connectivity index (χ2v) is 5.08. The van der Waals surface area contributed by atoms with Crippen LogP contribution < -0.4 is 10.6 Å².